The molecule has 0 bridgehead atoms. The number of carbonyl (C=O) groups excluding carboxylic acids is 1. The van der Waals surface area contributed by atoms with Crippen molar-refractivity contribution in [3.8, 4) is 6.07 Å². The Morgan fingerprint density at radius 2 is 2.36 bits per heavy atom. The molecule has 0 aromatic carbocycles. The van der Waals surface area contributed by atoms with E-state index < -0.39 is 0 Å². The molecule has 0 radical (unpaired) electrons. The first-order valence-electron chi connectivity index (χ1n) is 3.75. The minimum atomic E-state index is 0.0641. The van der Waals surface area contributed by atoms with E-state index in [1.807, 2.05) is 6.08 Å². The lowest BCUT2D eigenvalue weighted by Crippen LogP contribution is -1.94. The van der Waals surface area contributed by atoms with Gasteiger partial charge in [0.25, 0.3) is 0 Å². The summed E-state index contributed by atoms with van der Waals surface area (Å²) in [4.78, 5) is 10.6. The van der Waals surface area contributed by atoms with Gasteiger partial charge in [-0.05, 0) is 25.8 Å². The van der Waals surface area contributed by atoms with Gasteiger partial charge in [-0.3, -0.25) is 4.79 Å². The fourth-order valence-electron chi connectivity index (χ4n) is 1.01. The van der Waals surface area contributed by atoms with Gasteiger partial charge in [0.2, 0.25) is 0 Å². The van der Waals surface area contributed by atoms with Crippen molar-refractivity contribution in [2.45, 2.75) is 26.2 Å². The highest BCUT2D eigenvalue weighted by atomic mass is 16.1. The summed E-state index contributed by atoms with van der Waals surface area (Å²) >= 11 is 0. The van der Waals surface area contributed by atoms with Gasteiger partial charge in [0.05, 0.1) is 6.07 Å². The normalized spacial score (nSPS) is 19.6. The monoisotopic (exact) mass is 149 g/mol. The summed E-state index contributed by atoms with van der Waals surface area (Å²) in [7, 11) is 0. The van der Waals surface area contributed by atoms with Crippen LogP contribution in [-0.2, 0) is 4.79 Å². The van der Waals surface area contributed by atoms with Crippen molar-refractivity contribution in [1.82, 2.24) is 0 Å². The number of allylic oxidation sites excluding steroid dienone is 2. The highest BCUT2D eigenvalue weighted by Crippen LogP contribution is 2.49. The molecule has 1 rings (SSSR count). The fraction of sp³-hybridized carbons (Fsp3) is 0.556. The first-order valence-corrected chi connectivity index (χ1v) is 3.75. The molecule has 0 unspecified atom stereocenters. The van der Waals surface area contributed by atoms with E-state index in [2.05, 4.69) is 6.07 Å². The van der Waals surface area contributed by atoms with Crippen LogP contribution in [0.3, 0.4) is 0 Å². The summed E-state index contributed by atoms with van der Waals surface area (Å²) in [6.45, 7) is 1.53. The van der Waals surface area contributed by atoms with E-state index in [0.29, 0.717) is 6.42 Å². The Morgan fingerprint density at radius 1 is 1.73 bits per heavy atom. The zero-order chi connectivity index (χ0) is 8.32. The standard InChI is InChI=1S/C9H11NO/c1-8(11)2-3-9(4-5-9)6-7-10/h2-3H,4-6H2,1H3/b3-2+. The van der Waals surface area contributed by atoms with Crippen molar-refractivity contribution in [1.29, 1.82) is 5.26 Å². The van der Waals surface area contributed by atoms with Crippen molar-refractivity contribution < 1.29 is 4.79 Å². The van der Waals surface area contributed by atoms with Gasteiger partial charge >= 0.3 is 0 Å². The van der Waals surface area contributed by atoms with Gasteiger partial charge in [0.15, 0.2) is 5.78 Å². The van der Waals surface area contributed by atoms with Crippen LogP contribution in [0, 0.1) is 16.7 Å². The van der Waals surface area contributed by atoms with E-state index in [4.69, 9.17) is 5.26 Å². The van der Waals surface area contributed by atoms with Crippen molar-refractivity contribution in [2.24, 2.45) is 5.41 Å². The summed E-state index contributed by atoms with van der Waals surface area (Å²) in [5.41, 5.74) is 0.0699. The molecule has 0 aromatic heterocycles. The maximum absolute atomic E-state index is 10.6. The van der Waals surface area contributed by atoms with Gasteiger partial charge in [-0.25, -0.2) is 0 Å². The zero-order valence-electron chi connectivity index (χ0n) is 6.63. The van der Waals surface area contributed by atoms with Gasteiger partial charge < -0.3 is 0 Å². The quantitative estimate of drug-likeness (QED) is 0.574. The van der Waals surface area contributed by atoms with Crippen molar-refractivity contribution in [3.05, 3.63) is 12.2 Å². The number of nitriles is 1. The molecule has 1 saturated carbocycles. The van der Waals surface area contributed by atoms with Gasteiger partial charge in [-0.2, -0.15) is 5.26 Å². The molecule has 2 heteroatoms. The number of rotatable bonds is 3. The van der Waals surface area contributed by atoms with Gasteiger partial charge in [0, 0.05) is 11.8 Å². The highest BCUT2D eigenvalue weighted by Gasteiger charge is 2.39. The molecule has 2 nitrogen and oxygen atoms in total. The third kappa shape index (κ3) is 2.19. The van der Waals surface area contributed by atoms with Crippen molar-refractivity contribution >= 4 is 5.78 Å². The third-order valence-corrected chi connectivity index (χ3v) is 1.99. The number of hydrogen-bond acceptors (Lipinski definition) is 2. The maximum Gasteiger partial charge on any atom is 0.152 e. The van der Waals surface area contributed by atoms with Gasteiger partial charge in [-0.15, -0.1) is 0 Å². The summed E-state index contributed by atoms with van der Waals surface area (Å²) in [5, 5.41) is 8.44. The Balaban J connectivity index is 2.48. The Hall–Kier alpha value is -1.10. The summed E-state index contributed by atoms with van der Waals surface area (Å²) in [6.07, 6.45) is 6.13. The van der Waals surface area contributed by atoms with Crippen LogP contribution < -0.4 is 0 Å². The topological polar surface area (TPSA) is 40.9 Å². The first kappa shape index (κ1) is 8.00. The predicted octanol–water partition coefficient (Wildman–Crippen LogP) is 1.83. The number of hydrogen-bond donors (Lipinski definition) is 0. The van der Waals surface area contributed by atoms with Crippen LogP contribution in [0.1, 0.15) is 26.2 Å². The molecular formula is C9H11NO. The van der Waals surface area contributed by atoms with E-state index in [1.54, 1.807) is 6.08 Å². The van der Waals surface area contributed by atoms with E-state index in [-0.39, 0.29) is 11.2 Å². The smallest absolute Gasteiger partial charge is 0.152 e. The SMILES string of the molecule is CC(=O)/C=C/C1(CC#N)CC1. The first-order chi connectivity index (χ1) is 5.18. The van der Waals surface area contributed by atoms with Crippen LogP contribution in [0.5, 0.6) is 0 Å². The van der Waals surface area contributed by atoms with Crippen LogP contribution in [-0.4, -0.2) is 5.78 Å². The molecule has 1 aliphatic rings. The molecule has 0 saturated heterocycles. The van der Waals surface area contributed by atoms with Crippen LogP contribution in [0.15, 0.2) is 12.2 Å². The Labute approximate surface area is 66.5 Å². The van der Waals surface area contributed by atoms with Crippen LogP contribution >= 0.6 is 0 Å². The average Bonchev–Trinajstić information content (AvgIpc) is 2.67. The molecule has 0 amide bonds. The fourth-order valence-corrected chi connectivity index (χ4v) is 1.01. The second kappa shape index (κ2) is 2.87. The molecule has 0 heterocycles. The second-order valence-corrected chi connectivity index (χ2v) is 3.14. The average molecular weight is 149 g/mol. The van der Waals surface area contributed by atoms with E-state index in [0.717, 1.165) is 12.8 Å². The van der Waals surface area contributed by atoms with E-state index in [1.165, 1.54) is 6.92 Å². The highest BCUT2D eigenvalue weighted by molar-refractivity contribution is 5.87. The lowest BCUT2D eigenvalue weighted by molar-refractivity contribution is -0.112. The molecule has 1 fully saturated rings. The molecule has 0 aromatic rings. The predicted molar refractivity (Wildman–Crippen MR) is 41.7 cm³/mol. The largest absolute Gasteiger partial charge is 0.295 e. The molecule has 1 aliphatic carbocycles. The Morgan fingerprint density at radius 3 is 2.73 bits per heavy atom. The number of nitrogens with zero attached hydrogens (tertiary/aromatic N) is 1. The van der Waals surface area contributed by atoms with Crippen LogP contribution in [0.4, 0.5) is 0 Å². The van der Waals surface area contributed by atoms with Crippen LogP contribution in [0.2, 0.25) is 0 Å². The summed E-state index contributed by atoms with van der Waals surface area (Å²) < 4.78 is 0. The Kier molecular flexibility index (Phi) is 2.09. The van der Waals surface area contributed by atoms with Crippen molar-refractivity contribution in [3.63, 3.8) is 0 Å². The van der Waals surface area contributed by atoms with Gasteiger partial charge in [-0.1, -0.05) is 6.08 Å². The minimum Gasteiger partial charge on any atom is -0.295 e. The molecule has 0 spiro atoms. The lowest BCUT2D eigenvalue weighted by Gasteiger charge is -2.00. The maximum atomic E-state index is 10.6. The molecule has 0 atom stereocenters. The van der Waals surface area contributed by atoms with Crippen LogP contribution in [0.25, 0.3) is 0 Å². The van der Waals surface area contributed by atoms with E-state index in [9.17, 15) is 4.79 Å². The number of carbonyl (C=O) groups is 1. The molecule has 0 N–H and O–H groups in total. The summed E-state index contributed by atoms with van der Waals surface area (Å²) in [5.74, 6) is 0.0641. The Bertz CT molecular complexity index is 230. The molecule has 11 heavy (non-hydrogen) atoms. The zero-order valence-corrected chi connectivity index (χ0v) is 6.63. The molecular weight excluding hydrogens is 138 g/mol. The van der Waals surface area contributed by atoms with E-state index >= 15 is 0 Å². The minimum absolute atomic E-state index is 0.0641. The second-order valence-electron chi connectivity index (χ2n) is 3.14. The van der Waals surface area contributed by atoms with Crippen molar-refractivity contribution in [2.75, 3.05) is 0 Å². The molecule has 0 aliphatic heterocycles. The third-order valence-electron chi connectivity index (χ3n) is 1.99. The summed E-state index contributed by atoms with van der Waals surface area (Å²) in [6, 6.07) is 2.13. The van der Waals surface area contributed by atoms with Gasteiger partial charge in [0.1, 0.15) is 0 Å². The molecule has 58 valence electrons. The number of ketones is 1. The lowest BCUT2D eigenvalue weighted by atomic mass is 10.0.